The lowest BCUT2D eigenvalue weighted by Gasteiger charge is -1.98. The molecule has 0 saturated heterocycles. The number of thiophene rings is 1. The highest BCUT2D eigenvalue weighted by atomic mass is 32.1. The van der Waals surface area contributed by atoms with Crippen LogP contribution in [0.15, 0.2) is 29.6 Å². The molecule has 2 aromatic rings. The zero-order valence-electron chi connectivity index (χ0n) is 8.26. The van der Waals surface area contributed by atoms with Crippen molar-refractivity contribution in [3.05, 3.63) is 46.2 Å². The minimum absolute atomic E-state index is 0.727. The smallest absolute Gasteiger partial charge is 0.159 e. The summed E-state index contributed by atoms with van der Waals surface area (Å²) in [7, 11) is 0. The number of rotatable bonds is 2. The molecule has 2 rings (SSSR count). The quantitative estimate of drug-likeness (QED) is 0.715. The van der Waals surface area contributed by atoms with E-state index >= 15 is 0 Å². The number of halogens is 2. The standard InChI is InChI=1S/C12H10F2S/c1-2-10-5-9(7-15-10)8-3-4-11(13)12(14)6-8/h3-7H,2H2,1H3. The molecule has 0 aliphatic carbocycles. The first-order valence-electron chi connectivity index (χ1n) is 4.73. The molecule has 0 nitrogen and oxygen atoms in total. The van der Waals surface area contributed by atoms with E-state index in [1.807, 2.05) is 11.4 Å². The first kappa shape index (κ1) is 10.3. The fraction of sp³-hybridized carbons (Fsp3) is 0.167. The van der Waals surface area contributed by atoms with E-state index in [4.69, 9.17) is 0 Å². The summed E-state index contributed by atoms with van der Waals surface area (Å²) in [6.45, 7) is 2.07. The topological polar surface area (TPSA) is 0 Å². The number of aryl methyl sites for hydroxylation is 1. The Hall–Kier alpha value is -1.22. The Morgan fingerprint density at radius 1 is 1.07 bits per heavy atom. The second-order valence-corrected chi connectivity index (χ2v) is 4.28. The van der Waals surface area contributed by atoms with E-state index in [0.717, 1.165) is 23.6 Å². The fourth-order valence-corrected chi connectivity index (χ4v) is 2.24. The number of benzene rings is 1. The highest BCUT2D eigenvalue weighted by Gasteiger charge is 2.05. The van der Waals surface area contributed by atoms with Crippen LogP contribution in [0.1, 0.15) is 11.8 Å². The largest absolute Gasteiger partial charge is 0.204 e. The predicted octanol–water partition coefficient (Wildman–Crippen LogP) is 4.26. The van der Waals surface area contributed by atoms with Gasteiger partial charge in [-0.3, -0.25) is 0 Å². The lowest BCUT2D eigenvalue weighted by Crippen LogP contribution is -1.83. The van der Waals surface area contributed by atoms with Crippen LogP contribution in [-0.2, 0) is 6.42 Å². The molecule has 1 heterocycles. The van der Waals surface area contributed by atoms with E-state index in [1.165, 1.54) is 10.9 Å². The van der Waals surface area contributed by atoms with Crippen molar-refractivity contribution in [2.45, 2.75) is 13.3 Å². The van der Waals surface area contributed by atoms with Gasteiger partial charge in [-0.05, 0) is 41.1 Å². The average molecular weight is 224 g/mol. The Balaban J connectivity index is 2.40. The molecule has 15 heavy (non-hydrogen) atoms. The molecule has 0 fully saturated rings. The van der Waals surface area contributed by atoms with Crippen LogP contribution < -0.4 is 0 Å². The van der Waals surface area contributed by atoms with Gasteiger partial charge in [0.2, 0.25) is 0 Å². The molecule has 0 radical (unpaired) electrons. The molecule has 0 aliphatic rings. The van der Waals surface area contributed by atoms with Gasteiger partial charge in [-0.15, -0.1) is 11.3 Å². The van der Waals surface area contributed by atoms with Gasteiger partial charge < -0.3 is 0 Å². The molecule has 0 aliphatic heterocycles. The summed E-state index contributed by atoms with van der Waals surface area (Å²) in [4.78, 5) is 1.25. The summed E-state index contributed by atoms with van der Waals surface area (Å²) >= 11 is 1.64. The predicted molar refractivity (Wildman–Crippen MR) is 59.0 cm³/mol. The van der Waals surface area contributed by atoms with E-state index in [1.54, 1.807) is 17.4 Å². The molecule has 0 N–H and O–H groups in total. The van der Waals surface area contributed by atoms with E-state index in [2.05, 4.69) is 6.92 Å². The third-order valence-corrected chi connectivity index (χ3v) is 3.34. The minimum atomic E-state index is -0.801. The van der Waals surface area contributed by atoms with Crippen molar-refractivity contribution in [3.8, 4) is 11.1 Å². The Kier molecular flexibility index (Phi) is 2.82. The van der Waals surface area contributed by atoms with Crippen LogP contribution in [0.2, 0.25) is 0 Å². The Labute approximate surface area is 91.2 Å². The molecular formula is C12H10F2S. The third-order valence-electron chi connectivity index (χ3n) is 2.26. The summed E-state index contributed by atoms with van der Waals surface area (Å²) < 4.78 is 25.7. The van der Waals surface area contributed by atoms with Gasteiger partial charge in [0, 0.05) is 4.88 Å². The van der Waals surface area contributed by atoms with Gasteiger partial charge in [-0.25, -0.2) is 8.78 Å². The van der Waals surface area contributed by atoms with Crippen molar-refractivity contribution in [1.29, 1.82) is 0 Å². The first-order chi connectivity index (χ1) is 7.20. The maximum atomic E-state index is 13.0. The zero-order valence-corrected chi connectivity index (χ0v) is 9.07. The zero-order chi connectivity index (χ0) is 10.8. The van der Waals surface area contributed by atoms with Crippen LogP contribution in [0.25, 0.3) is 11.1 Å². The molecule has 0 spiro atoms. The SMILES string of the molecule is CCc1cc(-c2ccc(F)c(F)c2)cs1. The van der Waals surface area contributed by atoms with Gasteiger partial charge in [0.05, 0.1) is 0 Å². The maximum absolute atomic E-state index is 13.0. The van der Waals surface area contributed by atoms with Crippen molar-refractivity contribution in [2.24, 2.45) is 0 Å². The lowest BCUT2D eigenvalue weighted by molar-refractivity contribution is 0.509. The molecule has 1 aromatic heterocycles. The van der Waals surface area contributed by atoms with Crippen LogP contribution in [-0.4, -0.2) is 0 Å². The third kappa shape index (κ3) is 2.07. The van der Waals surface area contributed by atoms with Gasteiger partial charge >= 0.3 is 0 Å². The van der Waals surface area contributed by atoms with Gasteiger partial charge in [-0.1, -0.05) is 13.0 Å². The second kappa shape index (κ2) is 4.11. The Morgan fingerprint density at radius 3 is 2.47 bits per heavy atom. The van der Waals surface area contributed by atoms with Crippen LogP contribution in [0.3, 0.4) is 0 Å². The molecule has 1 aromatic carbocycles. The summed E-state index contributed by atoms with van der Waals surface area (Å²) in [5.74, 6) is -1.60. The molecule has 0 atom stereocenters. The summed E-state index contributed by atoms with van der Waals surface area (Å²) in [5.41, 5.74) is 1.68. The molecule has 3 heteroatoms. The summed E-state index contributed by atoms with van der Waals surface area (Å²) in [5, 5.41) is 1.96. The normalized spacial score (nSPS) is 10.6. The van der Waals surface area contributed by atoms with E-state index in [0.29, 0.717) is 0 Å². The van der Waals surface area contributed by atoms with E-state index < -0.39 is 11.6 Å². The van der Waals surface area contributed by atoms with Crippen molar-refractivity contribution >= 4 is 11.3 Å². The fourth-order valence-electron chi connectivity index (χ4n) is 1.39. The van der Waals surface area contributed by atoms with Crippen molar-refractivity contribution in [3.63, 3.8) is 0 Å². The lowest BCUT2D eigenvalue weighted by atomic mass is 10.1. The highest BCUT2D eigenvalue weighted by Crippen LogP contribution is 2.26. The molecule has 0 amide bonds. The van der Waals surface area contributed by atoms with Crippen LogP contribution in [0.4, 0.5) is 8.78 Å². The second-order valence-electron chi connectivity index (χ2n) is 3.28. The molecule has 0 unspecified atom stereocenters. The van der Waals surface area contributed by atoms with E-state index in [-0.39, 0.29) is 0 Å². The molecule has 0 saturated carbocycles. The van der Waals surface area contributed by atoms with E-state index in [9.17, 15) is 8.78 Å². The van der Waals surface area contributed by atoms with Gasteiger partial charge in [0.1, 0.15) is 0 Å². The Morgan fingerprint density at radius 2 is 1.87 bits per heavy atom. The first-order valence-corrected chi connectivity index (χ1v) is 5.61. The van der Waals surface area contributed by atoms with Crippen LogP contribution in [0.5, 0.6) is 0 Å². The molecular weight excluding hydrogens is 214 g/mol. The summed E-state index contributed by atoms with van der Waals surface area (Å²) in [6.07, 6.45) is 0.967. The minimum Gasteiger partial charge on any atom is -0.204 e. The van der Waals surface area contributed by atoms with Gasteiger partial charge in [0.25, 0.3) is 0 Å². The van der Waals surface area contributed by atoms with Crippen molar-refractivity contribution < 1.29 is 8.78 Å². The van der Waals surface area contributed by atoms with Gasteiger partial charge in [-0.2, -0.15) is 0 Å². The average Bonchev–Trinajstić information content (AvgIpc) is 2.70. The van der Waals surface area contributed by atoms with Crippen molar-refractivity contribution in [1.82, 2.24) is 0 Å². The Bertz CT molecular complexity index is 474. The molecule has 0 bridgehead atoms. The van der Waals surface area contributed by atoms with Crippen LogP contribution >= 0.6 is 11.3 Å². The number of hydrogen-bond acceptors (Lipinski definition) is 1. The monoisotopic (exact) mass is 224 g/mol. The number of hydrogen-bond donors (Lipinski definition) is 0. The van der Waals surface area contributed by atoms with Crippen LogP contribution in [0, 0.1) is 11.6 Å². The maximum Gasteiger partial charge on any atom is 0.159 e. The van der Waals surface area contributed by atoms with Gasteiger partial charge in [0.15, 0.2) is 11.6 Å². The summed E-state index contributed by atoms with van der Waals surface area (Å²) in [6, 6.07) is 6.00. The molecule has 78 valence electrons. The van der Waals surface area contributed by atoms with Crippen molar-refractivity contribution in [2.75, 3.05) is 0 Å². The highest BCUT2D eigenvalue weighted by molar-refractivity contribution is 7.10.